The minimum atomic E-state index is -0.773. The van der Waals surface area contributed by atoms with Crippen LogP contribution in [0.4, 0.5) is 0 Å². The van der Waals surface area contributed by atoms with Crippen LogP contribution in [0.3, 0.4) is 0 Å². The average Bonchev–Trinajstić information content (AvgIpc) is 3.27. The zero-order valence-corrected chi connectivity index (χ0v) is 17.3. The molecule has 2 aromatic rings. The van der Waals surface area contributed by atoms with Gasteiger partial charge in [-0.15, -0.1) is 11.3 Å². The molecule has 3 amide bonds. The summed E-state index contributed by atoms with van der Waals surface area (Å²) in [5.74, 6) is -1.43. The van der Waals surface area contributed by atoms with Gasteiger partial charge in [-0.3, -0.25) is 14.4 Å². The van der Waals surface area contributed by atoms with E-state index in [2.05, 4.69) is 22.9 Å². The lowest BCUT2D eigenvalue weighted by Crippen LogP contribution is -2.49. The van der Waals surface area contributed by atoms with Gasteiger partial charge in [-0.2, -0.15) is 0 Å². The molecule has 0 saturated heterocycles. The second kappa shape index (κ2) is 10.2. The molecule has 7 heteroatoms. The van der Waals surface area contributed by atoms with Gasteiger partial charge in [0.2, 0.25) is 5.91 Å². The van der Waals surface area contributed by atoms with E-state index in [0.29, 0.717) is 5.92 Å². The summed E-state index contributed by atoms with van der Waals surface area (Å²) in [5, 5.41) is 10.1. The van der Waals surface area contributed by atoms with Crippen LogP contribution in [0.25, 0.3) is 0 Å². The summed E-state index contributed by atoms with van der Waals surface area (Å²) < 4.78 is 0. The van der Waals surface area contributed by atoms with Gasteiger partial charge < -0.3 is 16.0 Å². The second-order valence-electron chi connectivity index (χ2n) is 7.45. The maximum atomic E-state index is 12.4. The lowest BCUT2D eigenvalue weighted by atomic mass is 9.86. The molecule has 1 aromatic heterocycles. The predicted molar refractivity (Wildman–Crippen MR) is 113 cm³/mol. The molecule has 0 aliphatic heterocycles. The molecule has 0 radical (unpaired) electrons. The summed E-state index contributed by atoms with van der Waals surface area (Å²) in [6.07, 6.45) is 4.16. The van der Waals surface area contributed by atoms with Crippen LogP contribution in [0.2, 0.25) is 0 Å². The van der Waals surface area contributed by atoms with Gasteiger partial charge in [0, 0.05) is 10.9 Å². The van der Waals surface area contributed by atoms with Crippen molar-refractivity contribution in [2.45, 2.75) is 44.7 Å². The summed E-state index contributed by atoms with van der Waals surface area (Å²) in [5.41, 5.74) is 0.957. The first-order valence-electron chi connectivity index (χ1n) is 10.0. The van der Waals surface area contributed by atoms with E-state index >= 15 is 0 Å². The molecule has 3 atom stereocenters. The third-order valence-corrected chi connectivity index (χ3v) is 6.25. The Morgan fingerprint density at radius 1 is 1.03 bits per heavy atom. The minimum absolute atomic E-state index is 0.0251. The zero-order chi connectivity index (χ0) is 20.6. The largest absolute Gasteiger partial charge is 0.345 e. The standard InChI is InChI=1S/C22H27N3O3S/c1-15-8-5-6-11-17(15)24-22(28)21(27)23-14-19(26)25-20(18-12-7-13-29-18)16-9-3-2-4-10-16/h2-4,7,9-10,12-13,15,17,20H,5-6,8,11,14H2,1H3,(H,23,27)(H,24,28)(H,25,26)/t15-,17-,20+/m1/s1. The number of amides is 3. The number of nitrogens with one attached hydrogen (secondary N) is 3. The van der Waals surface area contributed by atoms with Crippen molar-refractivity contribution >= 4 is 29.1 Å². The Kier molecular flexibility index (Phi) is 7.41. The number of hydrogen-bond donors (Lipinski definition) is 3. The highest BCUT2D eigenvalue weighted by atomic mass is 32.1. The normalized spacial score (nSPS) is 19.8. The molecule has 3 N–H and O–H groups in total. The topological polar surface area (TPSA) is 87.3 Å². The number of hydrogen-bond acceptors (Lipinski definition) is 4. The Balaban J connectivity index is 1.52. The van der Waals surface area contributed by atoms with E-state index in [1.807, 2.05) is 47.8 Å². The van der Waals surface area contributed by atoms with E-state index in [0.717, 1.165) is 36.1 Å². The van der Waals surface area contributed by atoms with Crippen LogP contribution in [0.1, 0.15) is 49.1 Å². The highest BCUT2D eigenvalue weighted by Gasteiger charge is 2.26. The Bertz CT molecular complexity index is 823. The summed E-state index contributed by atoms with van der Waals surface area (Å²) in [7, 11) is 0. The molecule has 1 heterocycles. The van der Waals surface area contributed by atoms with Gasteiger partial charge in [-0.1, -0.05) is 56.2 Å². The molecule has 1 aliphatic rings. The van der Waals surface area contributed by atoms with Crippen LogP contribution in [0.5, 0.6) is 0 Å². The van der Waals surface area contributed by atoms with Crippen molar-refractivity contribution in [3.8, 4) is 0 Å². The summed E-state index contributed by atoms with van der Waals surface area (Å²) >= 11 is 1.55. The fourth-order valence-electron chi connectivity index (χ4n) is 3.64. The van der Waals surface area contributed by atoms with Crippen LogP contribution in [-0.2, 0) is 14.4 Å². The zero-order valence-electron chi connectivity index (χ0n) is 16.5. The predicted octanol–water partition coefficient (Wildman–Crippen LogP) is 2.76. The third-order valence-electron chi connectivity index (χ3n) is 5.31. The van der Waals surface area contributed by atoms with Crippen molar-refractivity contribution in [3.63, 3.8) is 0 Å². The molecular weight excluding hydrogens is 386 g/mol. The molecule has 0 unspecified atom stereocenters. The minimum Gasteiger partial charge on any atom is -0.345 e. The quantitative estimate of drug-likeness (QED) is 0.637. The van der Waals surface area contributed by atoms with Gasteiger partial charge in [0.05, 0.1) is 12.6 Å². The SMILES string of the molecule is C[C@@H]1CCCC[C@H]1NC(=O)C(=O)NCC(=O)N[C@@H](c1ccccc1)c1cccs1. The van der Waals surface area contributed by atoms with Gasteiger partial charge in [-0.25, -0.2) is 0 Å². The third kappa shape index (κ3) is 5.90. The first kappa shape index (κ1) is 21.0. The molecule has 3 rings (SSSR count). The fraction of sp³-hybridized carbons (Fsp3) is 0.409. The molecule has 6 nitrogen and oxygen atoms in total. The molecular formula is C22H27N3O3S. The summed E-state index contributed by atoms with van der Waals surface area (Å²) in [4.78, 5) is 37.7. The van der Waals surface area contributed by atoms with Crippen LogP contribution in [-0.4, -0.2) is 30.3 Å². The van der Waals surface area contributed by atoms with Gasteiger partial charge in [0.25, 0.3) is 0 Å². The first-order chi connectivity index (χ1) is 14.0. The fourth-order valence-corrected chi connectivity index (χ4v) is 4.44. The van der Waals surface area contributed by atoms with E-state index in [-0.39, 0.29) is 24.5 Å². The Hall–Kier alpha value is -2.67. The van der Waals surface area contributed by atoms with Crippen LogP contribution in [0.15, 0.2) is 47.8 Å². The highest BCUT2D eigenvalue weighted by Crippen LogP contribution is 2.26. The van der Waals surface area contributed by atoms with E-state index in [1.54, 1.807) is 11.3 Å². The van der Waals surface area contributed by atoms with Gasteiger partial charge in [-0.05, 0) is 35.8 Å². The lowest BCUT2D eigenvalue weighted by molar-refractivity contribution is -0.140. The molecule has 0 bridgehead atoms. The van der Waals surface area contributed by atoms with Gasteiger partial charge >= 0.3 is 11.8 Å². The van der Waals surface area contributed by atoms with Crippen molar-refractivity contribution < 1.29 is 14.4 Å². The van der Waals surface area contributed by atoms with Crippen LogP contribution >= 0.6 is 11.3 Å². The Labute approximate surface area is 175 Å². The van der Waals surface area contributed by atoms with Crippen LogP contribution < -0.4 is 16.0 Å². The summed E-state index contributed by atoms with van der Waals surface area (Å²) in [6, 6.07) is 13.3. The van der Waals surface area contributed by atoms with Crippen molar-refractivity contribution in [3.05, 3.63) is 58.3 Å². The number of rotatable bonds is 6. The average molecular weight is 414 g/mol. The van der Waals surface area contributed by atoms with Crippen molar-refractivity contribution in [1.82, 2.24) is 16.0 Å². The maximum absolute atomic E-state index is 12.4. The Morgan fingerprint density at radius 3 is 2.48 bits per heavy atom. The molecule has 1 saturated carbocycles. The van der Waals surface area contributed by atoms with Gasteiger partial charge in [0.1, 0.15) is 0 Å². The molecule has 1 aliphatic carbocycles. The number of carbonyl (C=O) groups excluding carboxylic acids is 3. The molecule has 29 heavy (non-hydrogen) atoms. The van der Waals surface area contributed by atoms with Crippen molar-refractivity contribution in [2.24, 2.45) is 5.92 Å². The number of carbonyl (C=O) groups is 3. The smallest absolute Gasteiger partial charge is 0.309 e. The lowest BCUT2D eigenvalue weighted by Gasteiger charge is -2.29. The van der Waals surface area contributed by atoms with E-state index < -0.39 is 11.8 Å². The first-order valence-corrected chi connectivity index (χ1v) is 10.9. The van der Waals surface area contributed by atoms with E-state index in [1.165, 1.54) is 0 Å². The second-order valence-corrected chi connectivity index (χ2v) is 8.43. The molecule has 1 aromatic carbocycles. The van der Waals surface area contributed by atoms with E-state index in [4.69, 9.17) is 0 Å². The van der Waals surface area contributed by atoms with Crippen molar-refractivity contribution in [1.29, 1.82) is 0 Å². The van der Waals surface area contributed by atoms with Gasteiger partial charge in [0.15, 0.2) is 0 Å². The number of thiophene rings is 1. The van der Waals surface area contributed by atoms with Crippen LogP contribution in [0, 0.1) is 5.92 Å². The summed E-state index contributed by atoms with van der Waals surface area (Å²) in [6.45, 7) is 1.84. The highest BCUT2D eigenvalue weighted by molar-refractivity contribution is 7.10. The van der Waals surface area contributed by atoms with E-state index in [9.17, 15) is 14.4 Å². The maximum Gasteiger partial charge on any atom is 0.309 e. The molecule has 0 spiro atoms. The Morgan fingerprint density at radius 2 is 1.79 bits per heavy atom. The number of benzene rings is 1. The monoisotopic (exact) mass is 413 g/mol. The van der Waals surface area contributed by atoms with Crippen molar-refractivity contribution in [2.75, 3.05) is 6.54 Å². The molecule has 1 fully saturated rings. The molecule has 154 valence electrons.